The molecular weight excluding hydrogens is 292 g/mol. The first-order chi connectivity index (χ1) is 9.86. The Balaban J connectivity index is 2.86. The zero-order chi connectivity index (χ0) is 16.0. The van der Waals surface area contributed by atoms with Crippen LogP contribution in [0, 0.1) is 20.2 Å². The highest BCUT2D eigenvalue weighted by Gasteiger charge is 2.23. The van der Waals surface area contributed by atoms with E-state index in [2.05, 4.69) is 9.57 Å². The number of phenolic OH excluding ortho intramolecular Hbond substituents is 1. The van der Waals surface area contributed by atoms with Gasteiger partial charge in [-0.1, -0.05) is 0 Å². The van der Waals surface area contributed by atoms with Gasteiger partial charge in [-0.3, -0.25) is 10.1 Å². The summed E-state index contributed by atoms with van der Waals surface area (Å²) in [6, 6.07) is 1.84. The number of methoxy groups -OCH3 is 1. The fourth-order valence-corrected chi connectivity index (χ4v) is 1.34. The fourth-order valence-electron chi connectivity index (χ4n) is 1.34. The number of benzene rings is 1. The van der Waals surface area contributed by atoms with Crippen LogP contribution in [0.3, 0.4) is 0 Å². The largest absolute Gasteiger partial charge is 0.500 e. The molecule has 0 fully saturated rings. The van der Waals surface area contributed by atoms with Crippen LogP contribution >= 0.6 is 0 Å². The Morgan fingerprint density at radius 1 is 1.29 bits per heavy atom. The monoisotopic (exact) mass is 302 g/mol. The van der Waals surface area contributed by atoms with Crippen LogP contribution in [0.2, 0.25) is 0 Å². The Bertz CT molecular complexity index is 572. The molecule has 1 aromatic carbocycles. The maximum atomic E-state index is 11.6. The summed E-state index contributed by atoms with van der Waals surface area (Å²) in [6.45, 7) is -0.896. The average molecular weight is 302 g/mol. The van der Waals surface area contributed by atoms with Crippen molar-refractivity contribution >= 4 is 11.7 Å². The number of hydrogen-bond donors (Lipinski definition) is 1. The molecule has 21 heavy (non-hydrogen) atoms. The van der Waals surface area contributed by atoms with Crippen molar-refractivity contribution < 1.29 is 34.2 Å². The van der Waals surface area contributed by atoms with Crippen LogP contribution < -0.4 is 4.74 Å². The summed E-state index contributed by atoms with van der Waals surface area (Å²) in [6.07, 6.45) is 0. The number of carbonyl (C=O) groups excluding carboxylic acids is 1. The molecule has 0 aliphatic carbocycles. The number of nitro benzene ring substituents is 1. The third-order valence-electron chi connectivity index (χ3n) is 2.22. The molecule has 0 aliphatic rings. The van der Waals surface area contributed by atoms with E-state index in [0.717, 1.165) is 19.2 Å². The molecule has 0 bridgehead atoms. The van der Waals surface area contributed by atoms with Crippen LogP contribution in [0.5, 0.6) is 11.5 Å². The molecular formula is C10H10N2O9. The van der Waals surface area contributed by atoms with Crippen molar-refractivity contribution in [1.29, 1.82) is 0 Å². The van der Waals surface area contributed by atoms with Crippen molar-refractivity contribution in [2.75, 3.05) is 20.3 Å². The summed E-state index contributed by atoms with van der Waals surface area (Å²) in [5.41, 5.74) is -0.986. The van der Waals surface area contributed by atoms with Crippen LogP contribution in [0.4, 0.5) is 5.69 Å². The molecule has 0 atom stereocenters. The van der Waals surface area contributed by atoms with Crippen molar-refractivity contribution in [3.63, 3.8) is 0 Å². The summed E-state index contributed by atoms with van der Waals surface area (Å²) >= 11 is 0. The molecule has 0 aromatic heterocycles. The Morgan fingerprint density at radius 3 is 2.48 bits per heavy atom. The molecule has 11 heteroatoms. The molecule has 0 saturated heterocycles. The lowest BCUT2D eigenvalue weighted by Crippen LogP contribution is -2.13. The van der Waals surface area contributed by atoms with Gasteiger partial charge in [-0.05, 0) is 6.07 Å². The lowest BCUT2D eigenvalue weighted by molar-refractivity contribution is -0.757. The summed E-state index contributed by atoms with van der Waals surface area (Å²) in [5, 5.41) is 29.1. The van der Waals surface area contributed by atoms with Gasteiger partial charge < -0.3 is 19.4 Å². The van der Waals surface area contributed by atoms with Crippen molar-refractivity contribution in [2.24, 2.45) is 0 Å². The third kappa shape index (κ3) is 4.19. The van der Waals surface area contributed by atoms with E-state index in [0.29, 0.717) is 0 Å². The number of nitro groups is 1. The SMILES string of the molecule is COc1cc(C(=O)OCCO[N+](=O)[O-])cc([N+](=O)[O-])c1O. The number of carbonyl (C=O) groups is 1. The number of aromatic hydroxyl groups is 1. The minimum Gasteiger partial charge on any atom is -0.500 e. The number of hydrogen-bond acceptors (Lipinski definition) is 9. The average Bonchev–Trinajstić information content (AvgIpc) is 2.43. The molecule has 11 nitrogen and oxygen atoms in total. The zero-order valence-electron chi connectivity index (χ0n) is 10.7. The quantitative estimate of drug-likeness (QED) is 0.331. The smallest absolute Gasteiger partial charge is 0.338 e. The molecule has 1 aromatic rings. The van der Waals surface area contributed by atoms with Gasteiger partial charge in [0.25, 0.3) is 5.09 Å². The van der Waals surface area contributed by atoms with E-state index in [1.54, 1.807) is 0 Å². The zero-order valence-corrected chi connectivity index (χ0v) is 10.7. The Hall–Kier alpha value is -3.11. The summed E-state index contributed by atoms with van der Waals surface area (Å²) < 4.78 is 9.33. The van der Waals surface area contributed by atoms with Crippen LogP contribution in [-0.2, 0) is 9.57 Å². The Labute approximate surface area is 116 Å². The molecule has 0 amide bonds. The normalized spacial score (nSPS) is 9.76. The molecule has 1 rings (SSSR count). The second-order valence-corrected chi connectivity index (χ2v) is 3.50. The van der Waals surface area contributed by atoms with E-state index in [1.165, 1.54) is 0 Å². The summed E-state index contributed by atoms with van der Waals surface area (Å²) in [5.74, 6) is -1.99. The Morgan fingerprint density at radius 2 is 1.95 bits per heavy atom. The maximum Gasteiger partial charge on any atom is 0.338 e. The first-order valence-corrected chi connectivity index (χ1v) is 5.36. The fraction of sp³-hybridized carbons (Fsp3) is 0.300. The molecule has 1 N–H and O–H groups in total. The second kappa shape index (κ2) is 6.88. The molecule has 0 saturated carbocycles. The van der Waals surface area contributed by atoms with Crippen molar-refractivity contribution in [3.8, 4) is 11.5 Å². The predicted molar refractivity (Wildman–Crippen MR) is 64.5 cm³/mol. The standard InChI is InChI=1S/C10H10N2O9/c1-19-8-5-6(4-7(9(8)13)11(15)16)10(14)20-2-3-21-12(17)18/h4-5,13H,2-3H2,1H3. The number of nitrogens with zero attached hydrogens (tertiary/aromatic N) is 2. The van der Waals surface area contributed by atoms with Crippen molar-refractivity contribution in [3.05, 3.63) is 37.9 Å². The molecule has 0 aliphatic heterocycles. The lowest BCUT2D eigenvalue weighted by Gasteiger charge is -2.07. The van der Waals surface area contributed by atoms with E-state index in [1.807, 2.05) is 0 Å². The van der Waals surface area contributed by atoms with Crippen LogP contribution in [0.15, 0.2) is 12.1 Å². The molecule has 0 unspecified atom stereocenters. The number of rotatable bonds is 7. The molecule has 0 spiro atoms. The van der Waals surface area contributed by atoms with Crippen molar-refractivity contribution in [1.82, 2.24) is 0 Å². The van der Waals surface area contributed by atoms with Crippen molar-refractivity contribution in [2.45, 2.75) is 0 Å². The topological polar surface area (TPSA) is 151 Å². The second-order valence-electron chi connectivity index (χ2n) is 3.50. The number of phenols is 1. The molecule has 0 heterocycles. The van der Waals surface area contributed by atoms with Gasteiger partial charge in [0, 0.05) is 6.07 Å². The van der Waals surface area contributed by atoms with Crippen LogP contribution in [-0.4, -0.2) is 41.4 Å². The lowest BCUT2D eigenvalue weighted by atomic mass is 10.1. The molecule has 0 radical (unpaired) electrons. The highest BCUT2D eigenvalue weighted by atomic mass is 17.0. The van der Waals surface area contributed by atoms with Gasteiger partial charge in [0.1, 0.15) is 13.2 Å². The van der Waals surface area contributed by atoms with Gasteiger partial charge in [-0.15, -0.1) is 10.1 Å². The number of esters is 1. The van der Waals surface area contributed by atoms with Gasteiger partial charge >= 0.3 is 11.7 Å². The number of ether oxygens (including phenoxy) is 2. The molecule has 114 valence electrons. The predicted octanol–water partition coefficient (Wildman–Crippen LogP) is 0.674. The summed E-state index contributed by atoms with van der Waals surface area (Å²) in [7, 11) is 1.15. The van der Waals surface area contributed by atoms with E-state index in [-0.39, 0.29) is 11.3 Å². The van der Waals surface area contributed by atoms with Crippen LogP contribution in [0.25, 0.3) is 0 Å². The highest BCUT2D eigenvalue weighted by Crippen LogP contribution is 2.36. The van der Waals surface area contributed by atoms with Gasteiger partial charge in [-0.2, -0.15) is 0 Å². The van der Waals surface area contributed by atoms with Gasteiger partial charge in [-0.25, -0.2) is 4.79 Å². The van der Waals surface area contributed by atoms with E-state index in [4.69, 9.17) is 4.74 Å². The first-order valence-electron chi connectivity index (χ1n) is 5.36. The van der Waals surface area contributed by atoms with E-state index in [9.17, 15) is 30.1 Å². The van der Waals surface area contributed by atoms with Crippen LogP contribution in [0.1, 0.15) is 10.4 Å². The van der Waals surface area contributed by atoms with E-state index < -0.39 is 40.6 Å². The minimum absolute atomic E-state index is 0.252. The highest BCUT2D eigenvalue weighted by molar-refractivity contribution is 5.91. The van der Waals surface area contributed by atoms with Gasteiger partial charge in [0.15, 0.2) is 5.75 Å². The minimum atomic E-state index is -1.05. The van der Waals surface area contributed by atoms with E-state index >= 15 is 0 Å². The summed E-state index contributed by atoms with van der Waals surface area (Å²) in [4.78, 5) is 35.3. The third-order valence-corrected chi connectivity index (χ3v) is 2.22. The maximum absolute atomic E-state index is 11.6. The first kappa shape index (κ1) is 15.9. The Kier molecular flexibility index (Phi) is 5.23. The van der Waals surface area contributed by atoms with Gasteiger partial charge in [0.05, 0.1) is 17.6 Å². The van der Waals surface area contributed by atoms with Gasteiger partial charge in [0.2, 0.25) is 5.75 Å².